The van der Waals surface area contributed by atoms with Crippen LogP contribution in [0.5, 0.6) is 0 Å². The number of Topliss-reactive ketones (excluding diaryl/α,β-unsaturated/α-hetero) is 1. The van der Waals surface area contributed by atoms with E-state index in [-0.39, 0.29) is 5.78 Å². The lowest BCUT2D eigenvalue weighted by molar-refractivity contribution is -0.125. The summed E-state index contributed by atoms with van der Waals surface area (Å²) in [5.41, 5.74) is 5.40. The minimum atomic E-state index is -0.966. The first-order valence-electron chi connectivity index (χ1n) is 5.07. The zero-order valence-electron chi connectivity index (χ0n) is 8.44. The van der Waals surface area contributed by atoms with Crippen molar-refractivity contribution in [2.45, 2.75) is 31.3 Å². The Morgan fingerprint density at radius 2 is 2.07 bits per heavy atom. The molecule has 0 saturated heterocycles. The Bertz CT molecular complexity index is 380. The van der Waals surface area contributed by atoms with Crippen LogP contribution in [-0.2, 0) is 10.4 Å². The second kappa shape index (κ2) is 3.62. The third-order valence-corrected chi connectivity index (χ3v) is 2.97. The molecule has 4 nitrogen and oxygen atoms in total. The van der Waals surface area contributed by atoms with Crippen molar-refractivity contribution in [3.8, 4) is 0 Å². The van der Waals surface area contributed by atoms with E-state index in [9.17, 15) is 9.90 Å². The van der Waals surface area contributed by atoms with Crippen molar-refractivity contribution in [2.75, 3.05) is 5.73 Å². The number of hydrogen-bond donors (Lipinski definition) is 2. The van der Waals surface area contributed by atoms with Crippen molar-refractivity contribution in [3.05, 3.63) is 23.9 Å². The summed E-state index contributed by atoms with van der Waals surface area (Å²) in [6.07, 6.45) is 3.33. The molecule has 0 unspecified atom stereocenters. The number of anilines is 1. The molecule has 0 spiro atoms. The van der Waals surface area contributed by atoms with Crippen LogP contribution in [0.1, 0.15) is 31.2 Å². The van der Waals surface area contributed by atoms with E-state index in [4.69, 9.17) is 5.73 Å². The Balaban J connectivity index is 2.30. The number of aromatic nitrogens is 1. The monoisotopic (exact) mass is 206 g/mol. The number of nitrogen functional groups attached to an aromatic ring is 1. The van der Waals surface area contributed by atoms with Crippen LogP contribution in [0.3, 0.4) is 0 Å². The van der Waals surface area contributed by atoms with Gasteiger partial charge in [-0.2, -0.15) is 0 Å². The number of rotatable bonds is 1. The number of pyridine rings is 1. The Morgan fingerprint density at radius 3 is 2.67 bits per heavy atom. The van der Waals surface area contributed by atoms with Crippen LogP contribution in [-0.4, -0.2) is 15.9 Å². The van der Waals surface area contributed by atoms with Crippen molar-refractivity contribution >= 4 is 11.6 Å². The van der Waals surface area contributed by atoms with E-state index in [0.29, 0.717) is 37.1 Å². The topological polar surface area (TPSA) is 76.2 Å². The molecule has 0 radical (unpaired) electrons. The number of hydrogen-bond acceptors (Lipinski definition) is 4. The molecule has 1 saturated carbocycles. The second-order valence-electron chi connectivity index (χ2n) is 4.01. The Hall–Kier alpha value is -1.42. The van der Waals surface area contributed by atoms with E-state index in [1.807, 2.05) is 0 Å². The average Bonchev–Trinajstić information content (AvgIpc) is 2.23. The van der Waals surface area contributed by atoms with E-state index in [1.165, 1.54) is 0 Å². The van der Waals surface area contributed by atoms with Gasteiger partial charge in [-0.25, -0.2) is 4.98 Å². The van der Waals surface area contributed by atoms with Gasteiger partial charge in [0.25, 0.3) is 0 Å². The highest BCUT2D eigenvalue weighted by atomic mass is 16.3. The molecule has 3 N–H and O–H groups in total. The van der Waals surface area contributed by atoms with Crippen molar-refractivity contribution in [2.24, 2.45) is 0 Å². The van der Waals surface area contributed by atoms with E-state index in [1.54, 1.807) is 18.3 Å². The third-order valence-electron chi connectivity index (χ3n) is 2.97. The lowest BCUT2D eigenvalue weighted by Crippen LogP contribution is -2.32. The first kappa shape index (κ1) is 10.1. The van der Waals surface area contributed by atoms with E-state index >= 15 is 0 Å². The first-order valence-corrected chi connectivity index (χ1v) is 5.07. The summed E-state index contributed by atoms with van der Waals surface area (Å²) in [5, 5.41) is 10.4. The minimum absolute atomic E-state index is 0.210. The lowest BCUT2D eigenvalue weighted by atomic mass is 9.79. The SMILES string of the molecule is Nc1ncccc1C1(O)CCC(=O)CC1. The number of nitrogens with two attached hydrogens (primary N) is 1. The molecule has 80 valence electrons. The molecule has 15 heavy (non-hydrogen) atoms. The van der Waals surface area contributed by atoms with E-state index < -0.39 is 5.60 Å². The maximum Gasteiger partial charge on any atom is 0.133 e. The summed E-state index contributed by atoms with van der Waals surface area (Å²) in [4.78, 5) is 15.1. The van der Waals surface area contributed by atoms with Gasteiger partial charge < -0.3 is 10.8 Å². The van der Waals surface area contributed by atoms with E-state index in [0.717, 1.165) is 0 Å². The predicted octanol–water partition coefficient (Wildman–Crippen LogP) is 0.995. The van der Waals surface area contributed by atoms with Gasteiger partial charge in [0.05, 0.1) is 5.60 Å². The number of carbonyl (C=O) groups excluding carboxylic acids is 1. The van der Waals surface area contributed by atoms with Crippen molar-refractivity contribution < 1.29 is 9.90 Å². The molecule has 0 atom stereocenters. The molecule has 1 fully saturated rings. The highest BCUT2D eigenvalue weighted by molar-refractivity contribution is 5.79. The van der Waals surface area contributed by atoms with Crippen LogP contribution in [0.2, 0.25) is 0 Å². The van der Waals surface area contributed by atoms with Crippen molar-refractivity contribution in [1.82, 2.24) is 4.98 Å². The highest BCUT2D eigenvalue weighted by Crippen LogP contribution is 2.37. The Morgan fingerprint density at radius 1 is 1.40 bits per heavy atom. The van der Waals surface area contributed by atoms with Crippen molar-refractivity contribution in [3.63, 3.8) is 0 Å². The first-order chi connectivity index (χ1) is 7.12. The number of aliphatic hydroxyl groups is 1. The number of ketones is 1. The highest BCUT2D eigenvalue weighted by Gasteiger charge is 2.35. The maximum absolute atomic E-state index is 11.1. The zero-order chi connectivity index (χ0) is 10.9. The molecule has 0 amide bonds. The summed E-state index contributed by atoms with van der Waals surface area (Å²) < 4.78 is 0. The standard InChI is InChI=1S/C11H14N2O2/c12-10-9(2-1-7-13-10)11(15)5-3-8(14)4-6-11/h1-2,7,15H,3-6H2,(H2,12,13). The lowest BCUT2D eigenvalue weighted by Gasteiger charge is -2.32. The summed E-state index contributed by atoms with van der Waals surface area (Å²) in [6.45, 7) is 0. The second-order valence-corrected chi connectivity index (χ2v) is 4.01. The van der Waals surface area contributed by atoms with Crippen molar-refractivity contribution in [1.29, 1.82) is 0 Å². The van der Waals surface area contributed by atoms with Crippen LogP contribution in [0.25, 0.3) is 0 Å². The maximum atomic E-state index is 11.1. The molecule has 0 aromatic carbocycles. The molecule has 0 aliphatic heterocycles. The zero-order valence-corrected chi connectivity index (χ0v) is 8.44. The normalized spacial score (nSPS) is 20.2. The molecule has 1 aliphatic rings. The molecular formula is C11H14N2O2. The van der Waals surface area contributed by atoms with Crippen LogP contribution in [0.15, 0.2) is 18.3 Å². The van der Waals surface area contributed by atoms with Crippen LogP contribution in [0.4, 0.5) is 5.82 Å². The van der Waals surface area contributed by atoms with Gasteiger partial charge in [0.15, 0.2) is 0 Å². The van der Waals surface area contributed by atoms with Crippen LogP contribution in [0, 0.1) is 0 Å². The van der Waals surface area contributed by atoms with Gasteiger partial charge in [0, 0.05) is 24.6 Å². The molecule has 0 bridgehead atoms. The quantitative estimate of drug-likeness (QED) is 0.718. The van der Waals surface area contributed by atoms with E-state index in [2.05, 4.69) is 4.98 Å². The summed E-state index contributed by atoms with van der Waals surface area (Å²) in [5.74, 6) is 0.566. The summed E-state index contributed by atoms with van der Waals surface area (Å²) in [7, 11) is 0. The molecule has 4 heteroatoms. The molecule has 1 aromatic rings. The summed E-state index contributed by atoms with van der Waals surface area (Å²) >= 11 is 0. The van der Waals surface area contributed by atoms with Crippen LogP contribution >= 0.6 is 0 Å². The third kappa shape index (κ3) is 1.85. The van der Waals surface area contributed by atoms with Gasteiger partial charge in [-0.1, -0.05) is 6.07 Å². The van der Waals surface area contributed by atoms with Crippen LogP contribution < -0.4 is 5.73 Å². The largest absolute Gasteiger partial charge is 0.385 e. The van der Waals surface area contributed by atoms with Gasteiger partial charge in [-0.3, -0.25) is 4.79 Å². The molecule has 1 aromatic heterocycles. The molecule has 1 aliphatic carbocycles. The predicted molar refractivity (Wildman–Crippen MR) is 56.0 cm³/mol. The average molecular weight is 206 g/mol. The number of nitrogens with zero attached hydrogens (tertiary/aromatic N) is 1. The Labute approximate surface area is 88.1 Å². The smallest absolute Gasteiger partial charge is 0.133 e. The van der Waals surface area contributed by atoms with Gasteiger partial charge in [0.1, 0.15) is 11.6 Å². The molecular weight excluding hydrogens is 192 g/mol. The fourth-order valence-electron chi connectivity index (χ4n) is 2.02. The fraction of sp³-hybridized carbons (Fsp3) is 0.455. The van der Waals surface area contributed by atoms with Gasteiger partial charge in [-0.05, 0) is 18.9 Å². The van der Waals surface area contributed by atoms with Gasteiger partial charge >= 0.3 is 0 Å². The molecule has 1 heterocycles. The summed E-state index contributed by atoms with van der Waals surface area (Å²) in [6, 6.07) is 3.53. The number of carbonyl (C=O) groups is 1. The van der Waals surface area contributed by atoms with Gasteiger partial charge in [0.2, 0.25) is 0 Å². The van der Waals surface area contributed by atoms with Gasteiger partial charge in [-0.15, -0.1) is 0 Å². The fourth-order valence-corrected chi connectivity index (χ4v) is 2.02. The minimum Gasteiger partial charge on any atom is -0.385 e. The molecule has 2 rings (SSSR count). The Kier molecular flexibility index (Phi) is 2.44.